The second kappa shape index (κ2) is 13.4. The molecule has 1 aromatic carbocycles. The summed E-state index contributed by atoms with van der Waals surface area (Å²) < 4.78 is 0. The van der Waals surface area contributed by atoms with Crippen LogP contribution in [0.15, 0.2) is 29.3 Å². The Morgan fingerprint density at radius 3 is 2.52 bits per heavy atom. The van der Waals surface area contributed by atoms with Gasteiger partial charge in [-0.1, -0.05) is 31.4 Å². The third kappa shape index (κ3) is 9.01. The first kappa shape index (κ1) is 25.2. The van der Waals surface area contributed by atoms with Gasteiger partial charge in [0.2, 0.25) is 11.8 Å². The molecule has 0 spiro atoms. The van der Waals surface area contributed by atoms with Crippen molar-refractivity contribution in [2.75, 3.05) is 32.5 Å². The van der Waals surface area contributed by atoms with E-state index in [4.69, 9.17) is 0 Å². The molecule has 162 valence electrons. The number of anilines is 1. The highest BCUT2D eigenvalue weighted by molar-refractivity contribution is 14.0. The molecule has 0 aliphatic heterocycles. The SMILES string of the molecule is CCNC(=NCc1cccc(NC(=O)C2CCCCC2)c1)NCC(=O)N(C)C.I. The van der Waals surface area contributed by atoms with Crippen LogP contribution in [-0.2, 0) is 16.1 Å². The number of benzene rings is 1. The predicted octanol–water partition coefficient (Wildman–Crippen LogP) is 2.97. The van der Waals surface area contributed by atoms with Gasteiger partial charge in [0.1, 0.15) is 0 Å². The molecule has 0 saturated heterocycles. The summed E-state index contributed by atoms with van der Waals surface area (Å²) in [6.07, 6.45) is 5.49. The molecule has 0 unspecified atom stereocenters. The van der Waals surface area contributed by atoms with E-state index in [-0.39, 0.29) is 48.3 Å². The summed E-state index contributed by atoms with van der Waals surface area (Å²) in [5, 5.41) is 9.22. The number of halogens is 1. The van der Waals surface area contributed by atoms with Crippen molar-refractivity contribution >= 4 is 47.4 Å². The Hall–Kier alpha value is -1.84. The number of nitrogens with zero attached hydrogens (tertiary/aromatic N) is 2. The molecule has 1 aliphatic carbocycles. The van der Waals surface area contributed by atoms with Crippen LogP contribution in [-0.4, -0.2) is 49.9 Å². The molecule has 2 rings (SSSR count). The average molecular weight is 515 g/mol. The first-order valence-electron chi connectivity index (χ1n) is 10.1. The quantitative estimate of drug-likeness (QED) is 0.296. The summed E-state index contributed by atoms with van der Waals surface area (Å²) >= 11 is 0. The summed E-state index contributed by atoms with van der Waals surface area (Å²) in [6.45, 7) is 3.33. The van der Waals surface area contributed by atoms with Crippen LogP contribution < -0.4 is 16.0 Å². The highest BCUT2D eigenvalue weighted by Crippen LogP contribution is 2.25. The monoisotopic (exact) mass is 515 g/mol. The van der Waals surface area contributed by atoms with Gasteiger partial charge >= 0.3 is 0 Å². The fraction of sp³-hybridized carbons (Fsp3) is 0.571. The van der Waals surface area contributed by atoms with Crippen molar-refractivity contribution in [3.63, 3.8) is 0 Å². The normalized spacial score (nSPS) is 14.5. The van der Waals surface area contributed by atoms with E-state index in [0.29, 0.717) is 19.0 Å². The van der Waals surface area contributed by atoms with E-state index < -0.39 is 0 Å². The zero-order valence-corrected chi connectivity index (χ0v) is 20.0. The number of carbonyl (C=O) groups is 2. The number of aliphatic imine (C=N–C) groups is 1. The molecule has 1 aromatic rings. The fourth-order valence-corrected chi connectivity index (χ4v) is 3.19. The molecule has 29 heavy (non-hydrogen) atoms. The number of hydrogen-bond donors (Lipinski definition) is 3. The topological polar surface area (TPSA) is 85.8 Å². The molecule has 0 atom stereocenters. The van der Waals surface area contributed by atoms with Crippen molar-refractivity contribution in [3.8, 4) is 0 Å². The summed E-state index contributed by atoms with van der Waals surface area (Å²) in [5.41, 5.74) is 1.81. The van der Waals surface area contributed by atoms with E-state index in [1.807, 2.05) is 31.2 Å². The lowest BCUT2D eigenvalue weighted by Gasteiger charge is -2.20. The van der Waals surface area contributed by atoms with Crippen LogP contribution in [0.1, 0.15) is 44.6 Å². The van der Waals surface area contributed by atoms with Crippen molar-refractivity contribution in [3.05, 3.63) is 29.8 Å². The van der Waals surface area contributed by atoms with Gasteiger partial charge in [-0.3, -0.25) is 9.59 Å². The van der Waals surface area contributed by atoms with Crippen LogP contribution in [0.5, 0.6) is 0 Å². The molecule has 1 saturated carbocycles. The zero-order chi connectivity index (χ0) is 20.4. The summed E-state index contributed by atoms with van der Waals surface area (Å²) in [7, 11) is 3.45. The highest BCUT2D eigenvalue weighted by Gasteiger charge is 2.21. The molecule has 0 heterocycles. The molecule has 0 radical (unpaired) electrons. The number of nitrogens with one attached hydrogen (secondary N) is 3. The number of rotatable bonds is 7. The Kier molecular flexibility index (Phi) is 11.6. The molecule has 3 N–H and O–H groups in total. The van der Waals surface area contributed by atoms with Crippen LogP contribution in [0.3, 0.4) is 0 Å². The Labute approximate surface area is 191 Å². The molecular formula is C21H34IN5O2. The smallest absolute Gasteiger partial charge is 0.241 e. The Morgan fingerprint density at radius 1 is 1.14 bits per heavy atom. The van der Waals surface area contributed by atoms with Gasteiger partial charge in [0.15, 0.2) is 5.96 Å². The van der Waals surface area contributed by atoms with Gasteiger partial charge in [-0.2, -0.15) is 0 Å². The van der Waals surface area contributed by atoms with E-state index in [2.05, 4.69) is 20.9 Å². The molecule has 1 fully saturated rings. The Balaban J connectivity index is 0.00000420. The summed E-state index contributed by atoms with van der Waals surface area (Å²) in [5.74, 6) is 0.833. The van der Waals surface area contributed by atoms with E-state index in [9.17, 15) is 9.59 Å². The molecular weight excluding hydrogens is 481 g/mol. The van der Waals surface area contributed by atoms with E-state index in [1.165, 1.54) is 11.3 Å². The van der Waals surface area contributed by atoms with Crippen LogP contribution in [0.25, 0.3) is 0 Å². The van der Waals surface area contributed by atoms with Crippen LogP contribution in [0.4, 0.5) is 5.69 Å². The van der Waals surface area contributed by atoms with Crippen molar-refractivity contribution in [1.29, 1.82) is 0 Å². The van der Waals surface area contributed by atoms with Gasteiger partial charge in [0.25, 0.3) is 0 Å². The van der Waals surface area contributed by atoms with Crippen LogP contribution >= 0.6 is 24.0 Å². The Bertz CT molecular complexity index is 687. The third-order valence-corrected chi connectivity index (χ3v) is 4.84. The maximum atomic E-state index is 12.4. The molecule has 0 aromatic heterocycles. The lowest BCUT2D eigenvalue weighted by atomic mass is 9.88. The first-order chi connectivity index (χ1) is 13.5. The lowest BCUT2D eigenvalue weighted by Crippen LogP contribution is -2.42. The minimum Gasteiger partial charge on any atom is -0.357 e. The summed E-state index contributed by atoms with van der Waals surface area (Å²) in [6, 6.07) is 7.78. The minimum atomic E-state index is -0.0157. The van der Waals surface area contributed by atoms with Crippen molar-refractivity contribution in [2.24, 2.45) is 10.9 Å². The van der Waals surface area contributed by atoms with Gasteiger partial charge < -0.3 is 20.9 Å². The second-order valence-corrected chi connectivity index (χ2v) is 7.36. The highest BCUT2D eigenvalue weighted by atomic mass is 127. The zero-order valence-electron chi connectivity index (χ0n) is 17.7. The standard InChI is InChI=1S/C21H33N5O2.HI/c1-4-22-21(24-15-19(27)26(2)3)23-14-16-9-8-12-18(13-16)25-20(28)17-10-6-5-7-11-17;/h8-9,12-13,17H,4-7,10-11,14-15H2,1-3H3,(H,25,28)(H2,22,23,24);1H. The van der Waals surface area contributed by atoms with Gasteiger partial charge in [-0.15, -0.1) is 24.0 Å². The van der Waals surface area contributed by atoms with E-state index >= 15 is 0 Å². The number of likely N-dealkylation sites (N-methyl/N-ethyl adjacent to an activating group) is 1. The van der Waals surface area contributed by atoms with E-state index in [0.717, 1.165) is 36.9 Å². The maximum absolute atomic E-state index is 12.4. The van der Waals surface area contributed by atoms with Crippen LogP contribution in [0, 0.1) is 5.92 Å². The van der Waals surface area contributed by atoms with Gasteiger partial charge in [-0.25, -0.2) is 4.99 Å². The van der Waals surface area contributed by atoms with Crippen LogP contribution in [0.2, 0.25) is 0 Å². The van der Waals surface area contributed by atoms with Gasteiger partial charge in [0, 0.05) is 32.2 Å². The minimum absolute atomic E-state index is 0. The van der Waals surface area contributed by atoms with Gasteiger partial charge in [0.05, 0.1) is 13.1 Å². The first-order valence-corrected chi connectivity index (χ1v) is 10.1. The van der Waals surface area contributed by atoms with E-state index in [1.54, 1.807) is 14.1 Å². The number of carbonyl (C=O) groups excluding carboxylic acids is 2. The van der Waals surface area contributed by atoms with Crippen molar-refractivity contribution in [2.45, 2.75) is 45.6 Å². The molecule has 1 aliphatic rings. The van der Waals surface area contributed by atoms with Crippen molar-refractivity contribution < 1.29 is 9.59 Å². The molecule has 2 amide bonds. The number of amides is 2. The molecule has 7 nitrogen and oxygen atoms in total. The summed E-state index contributed by atoms with van der Waals surface area (Å²) in [4.78, 5) is 30.3. The van der Waals surface area contributed by atoms with Crippen molar-refractivity contribution in [1.82, 2.24) is 15.5 Å². The average Bonchev–Trinajstić information content (AvgIpc) is 2.70. The molecule has 0 bridgehead atoms. The van der Waals surface area contributed by atoms with Gasteiger partial charge in [-0.05, 0) is 37.5 Å². The molecule has 8 heteroatoms. The Morgan fingerprint density at radius 2 is 1.86 bits per heavy atom. The number of hydrogen-bond acceptors (Lipinski definition) is 3. The largest absolute Gasteiger partial charge is 0.357 e. The predicted molar refractivity (Wildman–Crippen MR) is 129 cm³/mol. The fourth-order valence-electron chi connectivity index (χ4n) is 3.19. The third-order valence-electron chi connectivity index (χ3n) is 4.84. The lowest BCUT2D eigenvalue weighted by molar-refractivity contribution is -0.127. The number of guanidine groups is 1. The maximum Gasteiger partial charge on any atom is 0.241 e. The second-order valence-electron chi connectivity index (χ2n) is 7.36.